The third-order valence-corrected chi connectivity index (χ3v) is 3.65. The highest BCUT2D eigenvalue weighted by Gasteiger charge is 2.35. The van der Waals surface area contributed by atoms with Gasteiger partial charge in [-0.05, 0) is 30.4 Å². The van der Waals surface area contributed by atoms with E-state index in [0.29, 0.717) is 22.4 Å². The summed E-state index contributed by atoms with van der Waals surface area (Å²) in [7, 11) is 0. The number of aliphatic hydroxyl groups is 1. The minimum Gasteiger partial charge on any atom is -0.454 e. The number of halogens is 1. The van der Waals surface area contributed by atoms with E-state index in [0.717, 1.165) is 18.4 Å². The summed E-state index contributed by atoms with van der Waals surface area (Å²) in [5, 5.41) is 10.5. The van der Waals surface area contributed by atoms with Gasteiger partial charge in [-0.2, -0.15) is 0 Å². The third-order valence-electron chi connectivity index (χ3n) is 3.32. The molecule has 0 bridgehead atoms. The van der Waals surface area contributed by atoms with Crippen LogP contribution in [0.5, 0.6) is 11.5 Å². The van der Waals surface area contributed by atoms with Crippen molar-refractivity contribution in [3.05, 3.63) is 22.7 Å². The van der Waals surface area contributed by atoms with Gasteiger partial charge < -0.3 is 20.3 Å². The van der Waals surface area contributed by atoms with Gasteiger partial charge in [0.25, 0.3) is 0 Å². The van der Waals surface area contributed by atoms with Crippen molar-refractivity contribution in [3.8, 4) is 11.5 Å². The summed E-state index contributed by atoms with van der Waals surface area (Å²) in [6, 6.07) is 2.99. The Morgan fingerprint density at radius 3 is 2.59 bits per heavy atom. The summed E-state index contributed by atoms with van der Waals surface area (Å²) in [5.74, 6) is 1.58. The van der Waals surface area contributed by atoms with Crippen LogP contribution in [0.3, 0.4) is 0 Å². The van der Waals surface area contributed by atoms with Crippen LogP contribution in [-0.2, 0) is 0 Å². The molecule has 5 heteroatoms. The van der Waals surface area contributed by atoms with Gasteiger partial charge in [-0.3, -0.25) is 0 Å². The monoisotopic (exact) mass is 255 g/mol. The van der Waals surface area contributed by atoms with Gasteiger partial charge in [0, 0.05) is 11.1 Å². The van der Waals surface area contributed by atoms with Gasteiger partial charge in [-0.25, -0.2) is 0 Å². The van der Waals surface area contributed by atoms with E-state index in [4.69, 9.17) is 26.8 Å². The van der Waals surface area contributed by atoms with E-state index < -0.39 is 12.1 Å². The van der Waals surface area contributed by atoms with Crippen molar-refractivity contribution < 1.29 is 14.6 Å². The molecular formula is C12H14ClNO3. The Balaban J connectivity index is 1.91. The van der Waals surface area contributed by atoms with Crippen molar-refractivity contribution in [3.63, 3.8) is 0 Å². The maximum absolute atomic E-state index is 10.0. The van der Waals surface area contributed by atoms with Gasteiger partial charge in [0.1, 0.15) is 0 Å². The Kier molecular flexibility index (Phi) is 2.65. The Bertz CT molecular complexity index is 448. The molecule has 1 aromatic carbocycles. The van der Waals surface area contributed by atoms with Crippen molar-refractivity contribution in [2.24, 2.45) is 11.7 Å². The largest absolute Gasteiger partial charge is 0.454 e. The standard InChI is InChI=1S/C12H14ClNO3/c13-8-4-10-9(16-5-17-10)3-7(8)11(14)12(15)6-1-2-6/h3-4,6,11-12,15H,1-2,5,14H2/t11-,12+/m1/s1. The zero-order chi connectivity index (χ0) is 12.0. The van der Waals surface area contributed by atoms with E-state index >= 15 is 0 Å². The first-order valence-corrected chi connectivity index (χ1v) is 6.07. The summed E-state index contributed by atoms with van der Waals surface area (Å²) in [5.41, 5.74) is 6.76. The van der Waals surface area contributed by atoms with Crippen molar-refractivity contribution in [1.29, 1.82) is 0 Å². The van der Waals surface area contributed by atoms with Crippen LogP contribution in [0, 0.1) is 5.92 Å². The molecule has 3 N–H and O–H groups in total. The Morgan fingerprint density at radius 2 is 1.94 bits per heavy atom. The molecule has 0 spiro atoms. The maximum atomic E-state index is 10.0. The quantitative estimate of drug-likeness (QED) is 0.865. The van der Waals surface area contributed by atoms with Crippen LogP contribution >= 0.6 is 11.6 Å². The van der Waals surface area contributed by atoms with Gasteiger partial charge in [0.15, 0.2) is 11.5 Å². The molecule has 3 rings (SSSR count). The summed E-state index contributed by atoms with van der Waals surface area (Å²) < 4.78 is 10.5. The second kappa shape index (κ2) is 4.05. The average molecular weight is 256 g/mol. The summed E-state index contributed by atoms with van der Waals surface area (Å²) in [6.45, 7) is 0.204. The lowest BCUT2D eigenvalue weighted by atomic mass is 9.98. The highest BCUT2D eigenvalue weighted by molar-refractivity contribution is 6.31. The number of nitrogens with two attached hydrogens (primary N) is 1. The molecule has 92 valence electrons. The lowest BCUT2D eigenvalue weighted by Gasteiger charge is -2.20. The summed E-state index contributed by atoms with van der Waals surface area (Å²) >= 11 is 6.15. The Morgan fingerprint density at radius 1 is 1.29 bits per heavy atom. The number of benzene rings is 1. The zero-order valence-electron chi connectivity index (χ0n) is 9.23. The second-order valence-electron chi connectivity index (χ2n) is 4.58. The van der Waals surface area contributed by atoms with Crippen LogP contribution in [0.15, 0.2) is 12.1 Å². The molecule has 1 fully saturated rings. The lowest BCUT2D eigenvalue weighted by molar-refractivity contribution is 0.122. The maximum Gasteiger partial charge on any atom is 0.231 e. The first-order valence-electron chi connectivity index (χ1n) is 5.69. The van der Waals surface area contributed by atoms with Gasteiger partial charge in [0.05, 0.1) is 12.1 Å². The average Bonchev–Trinajstić information content (AvgIpc) is 3.06. The van der Waals surface area contributed by atoms with Crippen LogP contribution in [-0.4, -0.2) is 18.0 Å². The number of aliphatic hydroxyl groups excluding tert-OH is 1. The second-order valence-corrected chi connectivity index (χ2v) is 4.99. The fraction of sp³-hybridized carbons (Fsp3) is 0.500. The van der Waals surface area contributed by atoms with E-state index in [1.54, 1.807) is 12.1 Å². The number of fused-ring (bicyclic) bond motifs is 1. The topological polar surface area (TPSA) is 64.7 Å². The van der Waals surface area contributed by atoms with Gasteiger partial charge in [-0.15, -0.1) is 0 Å². The molecule has 2 atom stereocenters. The molecule has 1 saturated carbocycles. The first-order chi connectivity index (χ1) is 8.16. The predicted molar refractivity (Wildman–Crippen MR) is 63.2 cm³/mol. The molecule has 0 amide bonds. The van der Waals surface area contributed by atoms with Crippen LogP contribution in [0.4, 0.5) is 0 Å². The molecule has 2 aliphatic rings. The molecule has 17 heavy (non-hydrogen) atoms. The third kappa shape index (κ3) is 1.97. The molecule has 1 aliphatic carbocycles. The number of ether oxygens (including phenoxy) is 2. The molecule has 4 nitrogen and oxygen atoms in total. The van der Waals surface area contributed by atoms with E-state index in [9.17, 15) is 5.11 Å². The molecule has 0 radical (unpaired) electrons. The Labute approximate surface area is 104 Å². The summed E-state index contributed by atoms with van der Waals surface area (Å²) in [6.07, 6.45) is 1.54. The number of hydrogen-bond acceptors (Lipinski definition) is 4. The predicted octanol–water partition coefficient (Wildman–Crippen LogP) is 1.84. The smallest absolute Gasteiger partial charge is 0.231 e. The van der Waals surface area contributed by atoms with Gasteiger partial charge in [0.2, 0.25) is 6.79 Å². The lowest BCUT2D eigenvalue weighted by Crippen LogP contribution is -2.28. The molecular weight excluding hydrogens is 242 g/mol. The molecule has 1 aliphatic heterocycles. The van der Waals surface area contributed by atoms with Gasteiger partial charge in [-0.1, -0.05) is 11.6 Å². The molecule has 0 unspecified atom stereocenters. The SMILES string of the molecule is N[C@H](c1cc2c(cc1Cl)OCO2)[C@@H](O)C1CC1. The van der Waals surface area contributed by atoms with Crippen molar-refractivity contribution in [2.45, 2.75) is 25.0 Å². The fourth-order valence-corrected chi connectivity index (χ4v) is 2.38. The van der Waals surface area contributed by atoms with E-state index in [-0.39, 0.29) is 6.79 Å². The minimum atomic E-state index is -0.534. The molecule has 0 aromatic heterocycles. The minimum absolute atomic E-state index is 0.204. The normalized spacial score (nSPS) is 21.4. The zero-order valence-corrected chi connectivity index (χ0v) is 9.98. The first kappa shape index (κ1) is 11.1. The molecule has 1 heterocycles. The van der Waals surface area contributed by atoms with E-state index in [1.165, 1.54) is 0 Å². The number of rotatable bonds is 3. The highest BCUT2D eigenvalue weighted by Crippen LogP contribution is 2.42. The molecule has 0 saturated heterocycles. The van der Waals surface area contributed by atoms with Crippen LogP contribution in [0.2, 0.25) is 5.02 Å². The summed E-state index contributed by atoms with van der Waals surface area (Å²) in [4.78, 5) is 0. The fourth-order valence-electron chi connectivity index (χ4n) is 2.10. The van der Waals surface area contributed by atoms with Crippen molar-refractivity contribution in [2.75, 3.05) is 6.79 Å². The Hall–Kier alpha value is -0.970. The molecule has 1 aromatic rings. The van der Waals surface area contributed by atoms with Gasteiger partial charge >= 0.3 is 0 Å². The van der Waals surface area contributed by atoms with Crippen LogP contribution in [0.1, 0.15) is 24.4 Å². The van der Waals surface area contributed by atoms with E-state index in [2.05, 4.69) is 0 Å². The number of hydrogen-bond donors (Lipinski definition) is 2. The van der Waals surface area contributed by atoms with Crippen molar-refractivity contribution >= 4 is 11.6 Å². The van der Waals surface area contributed by atoms with E-state index in [1.807, 2.05) is 0 Å². The highest BCUT2D eigenvalue weighted by atomic mass is 35.5. The van der Waals surface area contributed by atoms with Crippen LogP contribution in [0.25, 0.3) is 0 Å². The van der Waals surface area contributed by atoms with Crippen LogP contribution < -0.4 is 15.2 Å². The van der Waals surface area contributed by atoms with Crippen molar-refractivity contribution in [1.82, 2.24) is 0 Å².